The maximum Gasteiger partial charge on any atom is 0.229 e. The van der Waals surface area contributed by atoms with Crippen LogP contribution in [0, 0.1) is 0 Å². The number of rotatable bonds is 3. The molecule has 0 bridgehead atoms. The van der Waals surface area contributed by atoms with Gasteiger partial charge >= 0.3 is 0 Å². The molecule has 0 N–H and O–H groups in total. The average molecular weight is 337 g/mol. The summed E-state index contributed by atoms with van der Waals surface area (Å²) in [5.74, 6) is 0.933. The molecule has 2 aromatic rings. The smallest absolute Gasteiger partial charge is 0.229 e. The van der Waals surface area contributed by atoms with Crippen molar-refractivity contribution in [3.63, 3.8) is 0 Å². The van der Waals surface area contributed by atoms with Crippen molar-refractivity contribution in [2.75, 3.05) is 31.1 Å². The lowest BCUT2D eigenvalue weighted by Crippen LogP contribution is -2.50. The van der Waals surface area contributed by atoms with Crippen LogP contribution in [-0.2, 0) is 4.79 Å². The predicted molar refractivity (Wildman–Crippen MR) is 88.6 cm³/mol. The van der Waals surface area contributed by atoms with Crippen LogP contribution in [-0.4, -0.2) is 47.0 Å². The van der Waals surface area contributed by atoms with E-state index in [1.165, 1.54) is 6.33 Å². The van der Waals surface area contributed by atoms with E-state index in [2.05, 4.69) is 14.9 Å². The number of halogens is 1. The molecule has 0 radical (unpaired) electrons. The molecule has 1 saturated heterocycles. The minimum absolute atomic E-state index is 0.0775. The van der Waals surface area contributed by atoms with Gasteiger partial charge in [-0.05, 0) is 29.3 Å². The summed E-state index contributed by atoms with van der Waals surface area (Å²) in [5, 5.41) is 4.49. The third kappa shape index (κ3) is 3.23. The van der Waals surface area contributed by atoms with Crippen molar-refractivity contribution in [2.24, 2.45) is 0 Å². The standard InChI is InChI=1S/C15H17ClN4OS/c1-11(12-2-7-22-9-12)15(21)20-5-3-19(4-6-20)14-8-13(16)17-10-18-14/h2,7-11H,3-6H2,1H3/t11-/m0/s1. The summed E-state index contributed by atoms with van der Waals surface area (Å²) in [7, 11) is 0. The Morgan fingerprint density at radius 3 is 2.73 bits per heavy atom. The summed E-state index contributed by atoms with van der Waals surface area (Å²) in [6.07, 6.45) is 1.47. The van der Waals surface area contributed by atoms with E-state index in [-0.39, 0.29) is 11.8 Å². The number of hydrogen-bond donors (Lipinski definition) is 0. The van der Waals surface area contributed by atoms with Crippen LogP contribution < -0.4 is 4.90 Å². The van der Waals surface area contributed by atoms with Gasteiger partial charge in [0, 0.05) is 32.2 Å². The third-order valence-corrected chi connectivity index (χ3v) is 4.86. The highest BCUT2D eigenvalue weighted by Crippen LogP contribution is 2.22. The molecule has 0 aliphatic carbocycles. The Morgan fingerprint density at radius 1 is 1.32 bits per heavy atom. The number of amides is 1. The number of thiophene rings is 1. The van der Waals surface area contributed by atoms with Gasteiger partial charge in [-0.1, -0.05) is 11.6 Å². The van der Waals surface area contributed by atoms with Crippen molar-refractivity contribution >= 4 is 34.7 Å². The van der Waals surface area contributed by atoms with Crippen LogP contribution in [0.3, 0.4) is 0 Å². The molecule has 1 amide bonds. The highest BCUT2D eigenvalue weighted by molar-refractivity contribution is 7.08. The molecule has 5 nitrogen and oxygen atoms in total. The minimum atomic E-state index is -0.0775. The monoisotopic (exact) mass is 336 g/mol. The Morgan fingerprint density at radius 2 is 2.09 bits per heavy atom. The number of carbonyl (C=O) groups is 1. The minimum Gasteiger partial charge on any atom is -0.353 e. The Kier molecular flexibility index (Phi) is 4.59. The normalized spacial score (nSPS) is 16.6. The van der Waals surface area contributed by atoms with Crippen molar-refractivity contribution in [1.29, 1.82) is 0 Å². The lowest BCUT2D eigenvalue weighted by Gasteiger charge is -2.36. The lowest BCUT2D eigenvalue weighted by atomic mass is 10.0. The third-order valence-electron chi connectivity index (χ3n) is 3.95. The van der Waals surface area contributed by atoms with E-state index in [4.69, 9.17) is 11.6 Å². The van der Waals surface area contributed by atoms with Gasteiger partial charge in [0.2, 0.25) is 5.91 Å². The molecule has 3 rings (SSSR count). The fourth-order valence-corrected chi connectivity index (χ4v) is 3.49. The van der Waals surface area contributed by atoms with Gasteiger partial charge in [-0.25, -0.2) is 9.97 Å². The molecule has 3 heterocycles. The summed E-state index contributed by atoms with van der Waals surface area (Å²) in [5.41, 5.74) is 1.10. The fraction of sp³-hybridized carbons (Fsp3) is 0.400. The van der Waals surface area contributed by atoms with E-state index >= 15 is 0 Å². The fourth-order valence-electron chi connectivity index (χ4n) is 2.59. The summed E-state index contributed by atoms with van der Waals surface area (Å²) in [6.45, 7) is 4.90. The summed E-state index contributed by atoms with van der Waals surface area (Å²) in [6, 6.07) is 3.78. The van der Waals surface area contributed by atoms with E-state index in [1.807, 2.05) is 28.7 Å². The molecule has 1 fully saturated rings. The van der Waals surface area contributed by atoms with Gasteiger partial charge in [-0.15, -0.1) is 0 Å². The highest BCUT2D eigenvalue weighted by atomic mass is 35.5. The molecular weight excluding hydrogens is 320 g/mol. The Balaban J connectivity index is 1.61. The van der Waals surface area contributed by atoms with Gasteiger partial charge in [0.25, 0.3) is 0 Å². The van der Waals surface area contributed by atoms with Crippen LogP contribution >= 0.6 is 22.9 Å². The maximum absolute atomic E-state index is 12.6. The first kappa shape index (κ1) is 15.2. The molecule has 7 heteroatoms. The zero-order valence-electron chi connectivity index (χ0n) is 12.3. The maximum atomic E-state index is 12.6. The molecule has 0 aromatic carbocycles. The van der Waals surface area contributed by atoms with E-state index < -0.39 is 0 Å². The van der Waals surface area contributed by atoms with Crippen LogP contribution in [0.4, 0.5) is 5.82 Å². The Bertz CT molecular complexity index is 641. The van der Waals surface area contributed by atoms with Crippen LogP contribution in [0.5, 0.6) is 0 Å². The van der Waals surface area contributed by atoms with Crippen molar-refractivity contribution < 1.29 is 4.79 Å². The van der Waals surface area contributed by atoms with Gasteiger partial charge in [-0.3, -0.25) is 4.79 Å². The topological polar surface area (TPSA) is 49.3 Å². The SMILES string of the molecule is C[C@H](C(=O)N1CCN(c2cc(Cl)ncn2)CC1)c1ccsc1. The van der Waals surface area contributed by atoms with E-state index in [0.717, 1.165) is 24.5 Å². The van der Waals surface area contributed by atoms with Gasteiger partial charge in [0.1, 0.15) is 17.3 Å². The lowest BCUT2D eigenvalue weighted by molar-refractivity contribution is -0.132. The largest absolute Gasteiger partial charge is 0.353 e. The molecular formula is C15H17ClN4OS. The second-order valence-corrected chi connectivity index (χ2v) is 6.46. The summed E-state index contributed by atoms with van der Waals surface area (Å²) in [4.78, 5) is 24.8. The van der Waals surface area contributed by atoms with Crippen LogP contribution in [0.25, 0.3) is 0 Å². The Labute approximate surface area is 138 Å². The zero-order valence-corrected chi connectivity index (χ0v) is 13.8. The predicted octanol–water partition coefficient (Wildman–Crippen LogP) is 2.64. The van der Waals surface area contributed by atoms with E-state index in [9.17, 15) is 4.79 Å². The van der Waals surface area contributed by atoms with Crippen molar-refractivity contribution in [2.45, 2.75) is 12.8 Å². The first-order valence-electron chi connectivity index (χ1n) is 7.18. The molecule has 1 atom stereocenters. The second-order valence-electron chi connectivity index (χ2n) is 5.29. The van der Waals surface area contributed by atoms with Crippen LogP contribution in [0.1, 0.15) is 18.4 Å². The summed E-state index contributed by atoms with van der Waals surface area (Å²) < 4.78 is 0. The molecule has 0 spiro atoms. The molecule has 0 unspecified atom stereocenters. The first-order valence-corrected chi connectivity index (χ1v) is 8.50. The van der Waals surface area contributed by atoms with Crippen molar-refractivity contribution in [1.82, 2.24) is 14.9 Å². The molecule has 1 aliphatic rings. The zero-order chi connectivity index (χ0) is 15.5. The number of carbonyl (C=O) groups excluding carboxylic acids is 1. The van der Waals surface area contributed by atoms with Gasteiger partial charge in [-0.2, -0.15) is 11.3 Å². The van der Waals surface area contributed by atoms with Gasteiger partial charge < -0.3 is 9.80 Å². The molecule has 116 valence electrons. The van der Waals surface area contributed by atoms with Crippen molar-refractivity contribution in [3.8, 4) is 0 Å². The molecule has 0 saturated carbocycles. The molecule has 22 heavy (non-hydrogen) atoms. The number of piperazine rings is 1. The molecule has 2 aromatic heterocycles. The highest BCUT2D eigenvalue weighted by Gasteiger charge is 2.26. The summed E-state index contributed by atoms with van der Waals surface area (Å²) >= 11 is 7.53. The Hall–Kier alpha value is -1.66. The second kappa shape index (κ2) is 6.62. The number of hydrogen-bond acceptors (Lipinski definition) is 5. The quantitative estimate of drug-likeness (QED) is 0.808. The van der Waals surface area contributed by atoms with Gasteiger partial charge in [0.05, 0.1) is 5.92 Å². The first-order chi connectivity index (χ1) is 10.6. The number of aromatic nitrogens is 2. The number of nitrogens with zero attached hydrogens (tertiary/aromatic N) is 4. The average Bonchev–Trinajstić information content (AvgIpc) is 3.08. The number of anilines is 1. The van der Waals surface area contributed by atoms with Gasteiger partial charge in [0.15, 0.2) is 0 Å². The van der Waals surface area contributed by atoms with Crippen LogP contribution in [0.2, 0.25) is 5.15 Å². The van der Waals surface area contributed by atoms with Crippen molar-refractivity contribution in [3.05, 3.63) is 39.9 Å². The van der Waals surface area contributed by atoms with Crippen LogP contribution in [0.15, 0.2) is 29.2 Å². The molecule has 1 aliphatic heterocycles. The van der Waals surface area contributed by atoms with E-state index in [1.54, 1.807) is 17.4 Å². The van der Waals surface area contributed by atoms with E-state index in [0.29, 0.717) is 18.2 Å².